The van der Waals surface area contributed by atoms with E-state index in [9.17, 15) is 9.59 Å². The number of likely N-dealkylation sites (tertiary alicyclic amines) is 1. The third-order valence-corrected chi connectivity index (χ3v) is 3.63. The number of rotatable bonds is 5. The second kappa shape index (κ2) is 6.00. The summed E-state index contributed by atoms with van der Waals surface area (Å²) in [6, 6.07) is -0.217. The Morgan fingerprint density at radius 1 is 1.53 bits per heavy atom. The first-order chi connectivity index (χ1) is 8.02. The van der Waals surface area contributed by atoms with Gasteiger partial charge in [-0.05, 0) is 19.8 Å². The van der Waals surface area contributed by atoms with Crippen LogP contribution in [0.15, 0.2) is 0 Å². The minimum absolute atomic E-state index is 0.0191. The molecule has 0 bridgehead atoms. The van der Waals surface area contributed by atoms with Gasteiger partial charge in [0.25, 0.3) is 0 Å². The molecule has 0 radical (unpaired) electrons. The van der Waals surface area contributed by atoms with Gasteiger partial charge >= 0.3 is 5.97 Å². The summed E-state index contributed by atoms with van der Waals surface area (Å²) >= 11 is 0. The minimum atomic E-state index is -0.812. The van der Waals surface area contributed by atoms with Gasteiger partial charge in [-0.3, -0.25) is 9.59 Å². The van der Waals surface area contributed by atoms with Crippen LogP contribution in [-0.2, 0) is 9.59 Å². The molecular formula is C12H22N2O3. The number of carbonyl (C=O) groups excluding carboxylic acids is 1. The summed E-state index contributed by atoms with van der Waals surface area (Å²) in [5, 5.41) is 9.02. The third kappa shape index (κ3) is 2.97. The Hall–Kier alpha value is -1.10. The number of amides is 1. The minimum Gasteiger partial charge on any atom is -0.481 e. The highest BCUT2D eigenvalue weighted by atomic mass is 16.4. The molecule has 98 valence electrons. The van der Waals surface area contributed by atoms with E-state index in [4.69, 9.17) is 10.8 Å². The van der Waals surface area contributed by atoms with E-state index >= 15 is 0 Å². The molecule has 0 spiro atoms. The van der Waals surface area contributed by atoms with Gasteiger partial charge in [-0.1, -0.05) is 13.3 Å². The maximum atomic E-state index is 12.2. The summed E-state index contributed by atoms with van der Waals surface area (Å²) in [7, 11) is 0. The molecule has 17 heavy (non-hydrogen) atoms. The lowest BCUT2D eigenvalue weighted by Gasteiger charge is -2.27. The van der Waals surface area contributed by atoms with Crippen molar-refractivity contribution in [3.05, 3.63) is 0 Å². The van der Waals surface area contributed by atoms with E-state index in [0.717, 1.165) is 12.8 Å². The molecule has 1 heterocycles. The predicted molar refractivity (Wildman–Crippen MR) is 64.4 cm³/mol. The molecule has 1 saturated heterocycles. The van der Waals surface area contributed by atoms with E-state index in [2.05, 4.69) is 0 Å². The van der Waals surface area contributed by atoms with Crippen molar-refractivity contribution in [3.8, 4) is 0 Å². The number of carboxylic acids is 1. The molecule has 1 aliphatic rings. The average Bonchev–Trinajstić information content (AvgIpc) is 2.67. The van der Waals surface area contributed by atoms with Gasteiger partial charge in [0, 0.05) is 19.1 Å². The molecule has 0 aromatic heterocycles. The van der Waals surface area contributed by atoms with Gasteiger partial charge in [0.15, 0.2) is 0 Å². The molecule has 0 aromatic rings. The predicted octanol–water partition coefficient (Wildman–Crippen LogP) is 0.683. The van der Waals surface area contributed by atoms with E-state index in [-0.39, 0.29) is 17.9 Å². The molecule has 1 rings (SSSR count). The van der Waals surface area contributed by atoms with E-state index in [1.165, 1.54) is 0 Å². The van der Waals surface area contributed by atoms with Crippen molar-refractivity contribution in [3.63, 3.8) is 0 Å². The average molecular weight is 242 g/mol. The molecule has 3 N–H and O–H groups in total. The van der Waals surface area contributed by atoms with E-state index in [0.29, 0.717) is 19.5 Å². The fourth-order valence-corrected chi connectivity index (χ4v) is 2.51. The topological polar surface area (TPSA) is 83.6 Å². The van der Waals surface area contributed by atoms with Gasteiger partial charge < -0.3 is 15.7 Å². The Bertz CT molecular complexity index is 293. The fourth-order valence-electron chi connectivity index (χ4n) is 2.51. The number of nitrogens with zero attached hydrogens (tertiary/aromatic N) is 1. The Kier molecular flexibility index (Phi) is 4.93. The highest BCUT2D eigenvalue weighted by molar-refractivity contribution is 5.81. The molecular weight excluding hydrogens is 220 g/mol. The van der Waals surface area contributed by atoms with Crippen LogP contribution in [0.2, 0.25) is 0 Å². The zero-order chi connectivity index (χ0) is 13.0. The molecule has 1 aliphatic heterocycles. The van der Waals surface area contributed by atoms with Gasteiger partial charge in [0.1, 0.15) is 0 Å². The quantitative estimate of drug-likeness (QED) is 0.742. The van der Waals surface area contributed by atoms with Gasteiger partial charge in [0.2, 0.25) is 5.91 Å². The molecule has 1 fully saturated rings. The summed E-state index contributed by atoms with van der Waals surface area (Å²) in [4.78, 5) is 24.9. The first-order valence-corrected chi connectivity index (χ1v) is 6.26. The number of aliphatic carboxylic acids is 1. The standard InChI is InChI=1S/C12H22N2O3/c1-3-4-9(7-13)11(15)14-6-5-10(8(14)2)12(16)17/h8-10H,3-7,13H2,1-2H3,(H,16,17). The van der Waals surface area contributed by atoms with Crippen molar-refractivity contribution in [2.24, 2.45) is 17.6 Å². The molecule has 5 nitrogen and oxygen atoms in total. The first kappa shape index (κ1) is 14.0. The lowest BCUT2D eigenvalue weighted by Crippen LogP contribution is -2.43. The summed E-state index contributed by atoms with van der Waals surface area (Å²) in [6.07, 6.45) is 2.24. The van der Waals surface area contributed by atoms with E-state index < -0.39 is 11.9 Å². The van der Waals surface area contributed by atoms with Crippen molar-refractivity contribution < 1.29 is 14.7 Å². The number of hydrogen-bond donors (Lipinski definition) is 2. The molecule has 0 aromatic carbocycles. The van der Waals surface area contributed by atoms with Crippen LogP contribution in [0.1, 0.15) is 33.1 Å². The van der Waals surface area contributed by atoms with Crippen molar-refractivity contribution >= 4 is 11.9 Å². The van der Waals surface area contributed by atoms with Crippen molar-refractivity contribution in [1.29, 1.82) is 0 Å². The molecule has 0 aliphatic carbocycles. The molecule has 3 unspecified atom stereocenters. The van der Waals surface area contributed by atoms with Gasteiger partial charge in [-0.15, -0.1) is 0 Å². The lowest BCUT2D eigenvalue weighted by atomic mass is 10.00. The normalized spacial score (nSPS) is 25.9. The maximum absolute atomic E-state index is 12.2. The first-order valence-electron chi connectivity index (χ1n) is 6.26. The van der Waals surface area contributed by atoms with Crippen molar-refractivity contribution in [2.45, 2.75) is 39.2 Å². The van der Waals surface area contributed by atoms with E-state index in [1.807, 2.05) is 13.8 Å². The zero-order valence-electron chi connectivity index (χ0n) is 10.6. The number of carbonyl (C=O) groups is 2. The Balaban J connectivity index is 2.67. The van der Waals surface area contributed by atoms with Gasteiger partial charge in [-0.2, -0.15) is 0 Å². The SMILES string of the molecule is CCCC(CN)C(=O)N1CCC(C(=O)O)C1C. The zero-order valence-corrected chi connectivity index (χ0v) is 10.6. The van der Waals surface area contributed by atoms with Crippen LogP contribution in [0.25, 0.3) is 0 Å². The van der Waals surface area contributed by atoms with Crippen LogP contribution in [0, 0.1) is 11.8 Å². The number of hydrogen-bond acceptors (Lipinski definition) is 3. The van der Waals surface area contributed by atoms with Crippen LogP contribution in [0.3, 0.4) is 0 Å². The second-order valence-electron chi connectivity index (χ2n) is 4.73. The van der Waals surface area contributed by atoms with Crippen LogP contribution in [0.5, 0.6) is 0 Å². The Labute approximate surface area is 102 Å². The Morgan fingerprint density at radius 3 is 2.59 bits per heavy atom. The summed E-state index contributed by atoms with van der Waals surface area (Å²) in [6.45, 7) is 4.71. The van der Waals surface area contributed by atoms with Crippen molar-refractivity contribution in [1.82, 2.24) is 4.90 Å². The highest BCUT2D eigenvalue weighted by Gasteiger charge is 2.39. The largest absolute Gasteiger partial charge is 0.481 e. The molecule has 5 heteroatoms. The number of nitrogens with two attached hydrogens (primary N) is 1. The van der Waals surface area contributed by atoms with Crippen LogP contribution in [-0.4, -0.2) is 41.0 Å². The molecule has 0 saturated carbocycles. The molecule has 3 atom stereocenters. The Morgan fingerprint density at radius 2 is 2.18 bits per heavy atom. The number of carboxylic acid groups (broad SMARTS) is 1. The van der Waals surface area contributed by atoms with Crippen LogP contribution in [0.4, 0.5) is 0 Å². The second-order valence-corrected chi connectivity index (χ2v) is 4.73. The summed E-state index contributed by atoms with van der Waals surface area (Å²) in [5.41, 5.74) is 5.60. The molecule has 1 amide bonds. The highest BCUT2D eigenvalue weighted by Crippen LogP contribution is 2.26. The summed E-state index contributed by atoms with van der Waals surface area (Å²) in [5.74, 6) is -1.38. The van der Waals surface area contributed by atoms with Gasteiger partial charge in [0.05, 0.1) is 11.8 Å². The maximum Gasteiger partial charge on any atom is 0.308 e. The van der Waals surface area contributed by atoms with Crippen LogP contribution < -0.4 is 5.73 Å². The smallest absolute Gasteiger partial charge is 0.308 e. The van der Waals surface area contributed by atoms with Crippen LogP contribution >= 0.6 is 0 Å². The third-order valence-electron chi connectivity index (χ3n) is 3.63. The lowest BCUT2D eigenvalue weighted by molar-refractivity contribution is -0.143. The van der Waals surface area contributed by atoms with E-state index in [1.54, 1.807) is 4.90 Å². The van der Waals surface area contributed by atoms with Crippen molar-refractivity contribution in [2.75, 3.05) is 13.1 Å². The van der Waals surface area contributed by atoms with Gasteiger partial charge in [-0.25, -0.2) is 0 Å². The summed E-state index contributed by atoms with van der Waals surface area (Å²) < 4.78 is 0. The fraction of sp³-hybridized carbons (Fsp3) is 0.833. The monoisotopic (exact) mass is 242 g/mol.